The first-order valence-corrected chi connectivity index (χ1v) is 7.46. The molecule has 0 aliphatic heterocycles. The molecule has 2 aromatic rings. The normalized spacial score (nSPS) is 10.6. The van der Waals surface area contributed by atoms with Crippen molar-refractivity contribution in [1.29, 1.82) is 0 Å². The molecule has 0 N–H and O–H groups in total. The Hall–Kier alpha value is -3.03. The van der Waals surface area contributed by atoms with Gasteiger partial charge in [0.25, 0.3) is 0 Å². The number of nitro groups is 1. The van der Waals surface area contributed by atoms with E-state index in [0.717, 1.165) is 18.7 Å². The van der Waals surface area contributed by atoms with Gasteiger partial charge in [-0.1, -0.05) is 13.8 Å². The van der Waals surface area contributed by atoms with Gasteiger partial charge in [0.05, 0.1) is 17.7 Å². The van der Waals surface area contributed by atoms with Crippen LogP contribution in [0.4, 0.5) is 10.1 Å². The molecule has 0 atom stereocenters. The van der Waals surface area contributed by atoms with E-state index < -0.39 is 28.0 Å². The molecule has 0 unspecified atom stereocenters. The summed E-state index contributed by atoms with van der Waals surface area (Å²) < 4.78 is 24.7. The highest BCUT2D eigenvalue weighted by Crippen LogP contribution is 2.36. The number of benzene rings is 1. The first-order chi connectivity index (χ1) is 11.8. The van der Waals surface area contributed by atoms with Crippen LogP contribution in [0.25, 0.3) is 0 Å². The van der Waals surface area contributed by atoms with Crippen LogP contribution in [0.2, 0.25) is 0 Å². The second-order valence-corrected chi connectivity index (χ2v) is 5.62. The third kappa shape index (κ3) is 3.57. The fraction of sp³-hybridized carbons (Fsp3) is 0.294. The van der Waals surface area contributed by atoms with E-state index in [0.29, 0.717) is 11.4 Å². The molecular formula is C17H17FN2O5. The second kappa shape index (κ2) is 7.25. The predicted octanol–water partition coefficient (Wildman–Crippen LogP) is 4.14. The number of esters is 1. The van der Waals surface area contributed by atoms with Gasteiger partial charge in [-0.3, -0.25) is 15.1 Å². The number of methoxy groups -OCH3 is 1. The minimum absolute atomic E-state index is 0.0133. The fourth-order valence-electron chi connectivity index (χ4n) is 2.29. The Morgan fingerprint density at radius 1 is 1.32 bits per heavy atom. The molecule has 25 heavy (non-hydrogen) atoms. The van der Waals surface area contributed by atoms with Gasteiger partial charge in [0.15, 0.2) is 5.75 Å². The third-order valence-corrected chi connectivity index (χ3v) is 3.56. The van der Waals surface area contributed by atoms with Gasteiger partial charge >= 0.3 is 11.7 Å². The summed E-state index contributed by atoms with van der Waals surface area (Å²) in [5, 5.41) is 10.9. The van der Waals surface area contributed by atoms with Crippen molar-refractivity contribution in [2.45, 2.75) is 26.7 Å². The Labute approximate surface area is 143 Å². The Balaban J connectivity index is 2.64. The number of ether oxygens (including phenoxy) is 2. The molecule has 0 amide bonds. The van der Waals surface area contributed by atoms with Crippen molar-refractivity contribution in [3.8, 4) is 11.5 Å². The van der Waals surface area contributed by atoms with E-state index >= 15 is 0 Å². The van der Waals surface area contributed by atoms with E-state index in [9.17, 15) is 19.3 Å². The highest BCUT2D eigenvalue weighted by molar-refractivity contribution is 5.93. The first-order valence-electron chi connectivity index (χ1n) is 7.46. The summed E-state index contributed by atoms with van der Waals surface area (Å²) in [6, 6.07) is 3.82. The number of hydrogen-bond acceptors (Lipinski definition) is 6. The maximum Gasteiger partial charge on any atom is 0.344 e. The van der Waals surface area contributed by atoms with E-state index in [-0.39, 0.29) is 11.7 Å². The van der Waals surface area contributed by atoms with Crippen molar-refractivity contribution in [2.75, 3.05) is 7.11 Å². The minimum Gasteiger partial charge on any atom is -0.465 e. The Kier molecular flexibility index (Phi) is 5.31. The van der Waals surface area contributed by atoms with Gasteiger partial charge in [0, 0.05) is 12.3 Å². The molecule has 2 rings (SSSR count). The fourth-order valence-corrected chi connectivity index (χ4v) is 2.29. The third-order valence-electron chi connectivity index (χ3n) is 3.56. The van der Waals surface area contributed by atoms with E-state index in [1.165, 1.54) is 6.07 Å². The van der Waals surface area contributed by atoms with Crippen molar-refractivity contribution in [1.82, 2.24) is 4.98 Å². The molecule has 1 aromatic heterocycles. The van der Waals surface area contributed by atoms with Crippen molar-refractivity contribution < 1.29 is 23.6 Å². The number of aromatic nitrogens is 1. The monoisotopic (exact) mass is 348 g/mol. The SMILES string of the molecule is COC(=O)c1c(Oc2c(C)ccnc2C(C)C)ccc([N+](=O)[O-])c1F. The molecule has 1 aromatic carbocycles. The highest BCUT2D eigenvalue weighted by Gasteiger charge is 2.28. The van der Waals surface area contributed by atoms with Gasteiger partial charge in [-0.15, -0.1) is 0 Å². The number of halogens is 1. The molecule has 1 heterocycles. The van der Waals surface area contributed by atoms with Crippen LogP contribution in [0.1, 0.15) is 41.4 Å². The van der Waals surface area contributed by atoms with Crippen molar-refractivity contribution in [3.05, 3.63) is 57.1 Å². The van der Waals surface area contributed by atoms with E-state index in [4.69, 9.17) is 4.74 Å². The number of carbonyl (C=O) groups excluding carboxylic acids is 1. The van der Waals surface area contributed by atoms with Gasteiger partial charge in [0.1, 0.15) is 11.3 Å². The zero-order valence-corrected chi connectivity index (χ0v) is 14.2. The maximum absolute atomic E-state index is 14.4. The summed E-state index contributed by atoms with van der Waals surface area (Å²) in [5.41, 5.74) is -0.114. The van der Waals surface area contributed by atoms with Crippen molar-refractivity contribution >= 4 is 11.7 Å². The number of carbonyl (C=O) groups is 1. The largest absolute Gasteiger partial charge is 0.465 e. The molecular weight excluding hydrogens is 331 g/mol. The zero-order valence-electron chi connectivity index (χ0n) is 14.2. The van der Waals surface area contributed by atoms with Crippen LogP contribution < -0.4 is 4.74 Å². The summed E-state index contributed by atoms with van der Waals surface area (Å²) in [6.45, 7) is 5.60. The van der Waals surface area contributed by atoms with Gasteiger partial charge < -0.3 is 9.47 Å². The minimum atomic E-state index is -1.30. The van der Waals surface area contributed by atoms with Crippen LogP contribution in [0.3, 0.4) is 0 Å². The Morgan fingerprint density at radius 2 is 2.00 bits per heavy atom. The number of nitrogens with zero attached hydrogens (tertiary/aromatic N) is 2. The average molecular weight is 348 g/mol. The lowest BCUT2D eigenvalue weighted by Gasteiger charge is -2.16. The topological polar surface area (TPSA) is 91.6 Å². The molecule has 0 spiro atoms. The summed E-state index contributed by atoms with van der Waals surface area (Å²) in [7, 11) is 1.05. The lowest BCUT2D eigenvalue weighted by atomic mass is 10.1. The lowest BCUT2D eigenvalue weighted by Crippen LogP contribution is -2.10. The Bertz CT molecular complexity index is 836. The summed E-state index contributed by atoms with van der Waals surface area (Å²) >= 11 is 0. The van der Waals surface area contributed by atoms with Crippen molar-refractivity contribution in [2.24, 2.45) is 0 Å². The second-order valence-electron chi connectivity index (χ2n) is 5.62. The highest BCUT2D eigenvalue weighted by atomic mass is 19.1. The number of aryl methyl sites for hydroxylation is 1. The number of pyridine rings is 1. The molecule has 0 fully saturated rings. The molecule has 0 saturated carbocycles. The smallest absolute Gasteiger partial charge is 0.344 e. The van der Waals surface area contributed by atoms with Gasteiger partial charge in [0.2, 0.25) is 5.82 Å². The number of hydrogen-bond donors (Lipinski definition) is 0. The van der Waals surface area contributed by atoms with Gasteiger partial charge in [-0.05, 0) is 30.5 Å². The molecule has 8 heteroatoms. The predicted molar refractivity (Wildman–Crippen MR) is 87.5 cm³/mol. The first kappa shape index (κ1) is 18.3. The summed E-state index contributed by atoms with van der Waals surface area (Å²) in [5.74, 6) is -2.16. The van der Waals surface area contributed by atoms with Crippen LogP contribution in [0.5, 0.6) is 11.5 Å². The van der Waals surface area contributed by atoms with Gasteiger partial charge in [-0.2, -0.15) is 4.39 Å². The summed E-state index contributed by atoms with van der Waals surface area (Å²) in [4.78, 5) is 26.2. The molecule has 0 aliphatic rings. The van der Waals surface area contributed by atoms with Crippen LogP contribution >= 0.6 is 0 Å². The Morgan fingerprint density at radius 3 is 2.56 bits per heavy atom. The molecule has 0 bridgehead atoms. The molecule has 0 saturated heterocycles. The molecule has 132 valence electrons. The molecule has 0 radical (unpaired) electrons. The zero-order chi connectivity index (χ0) is 18.7. The number of rotatable bonds is 5. The molecule has 0 aliphatic carbocycles. The average Bonchev–Trinajstić information content (AvgIpc) is 2.55. The standard InChI is InChI=1S/C17H17FN2O5/c1-9(2)15-16(10(3)7-8-19-15)25-12-6-5-11(20(22)23)14(18)13(12)17(21)24-4/h5-9H,1-4H3. The molecule has 7 nitrogen and oxygen atoms in total. The summed E-state index contributed by atoms with van der Waals surface area (Å²) in [6.07, 6.45) is 1.62. The quantitative estimate of drug-likeness (QED) is 0.458. The van der Waals surface area contributed by atoms with Crippen LogP contribution in [0, 0.1) is 22.9 Å². The number of nitro benzene ring substituents is 1. The van der Waals surface area contributed by atoms with E-state index in [1.54, 1.807) is 19.2 Å². The van der Waals surface area contributed by atoms with E-state index in [2.05, 4.69) is 9.72 Å². The lowest BCUT2D eigenvalue weighted by molar-refractivity contribution is -0.387. The maximum atomic E-state index is 14.4. The van der Waals surface area contributed by atoms with Crippen LogP contribution in [0.15, 0.2) is 24.4 Å². The van der Waals surface area contributed by atoms with Crippen molar-refractivity contribution in [3.63, 3.8) is 0 Å². The van der Waals surface area contributed by atoms with Gasteiger partial charge in [-0.25, -0.2) is 4.79 Å². The van der Waals surface area contributed by atoms with Crippen LogP contribution in [-0.4, -0.2) is 23.0 Å². The van der Waals surface area contributed by atoms with Crippen LogP contribution in [-0.2, 0) is 4.74 Å². The van der Waals surface area contributed by atoms with E-state index in [1.807, 2.05) is 13.8 Å².